The number of halogens is 3. The average Bonchev–Trinajstić information content (AvgIpc) is 2.56. The molecule has 0 saturated carbocycles. The lowest BCUT2D eigenvalue weighted by molar-refractivity contribution is 0.0201. The monoisotopic (exact) mass is 338 g/mol. The number of alkyl halides is 2. The largest absolute Gasteiger partial charge is 0.506 e. The number of nitrogens with zero attached hydrogens (tertiary/aromatic N) is 2. The summed E-state index contributed by atoms with van der Waals surface area (Å²) >= 11 is 0. The Balaban J connectivity index is 1.73. The molecule has 0 radical (unpaired) electrons. The van der Waals surface area contributed by atoms with Gasteiger partial charge in [-0.2, -0.15) is 0 Å². The Labute approximate surface area is 137 Å². The fourth-order valence-electron chi connectivity index (χ4n) is 2.64. The molecule has 0 atom stereocenters. The smallest absolute Gasteiger partial charge is 0.272 e. The number of aliphatic hydroxyl groups is 1. The summed E-state index contributed by atoms with van der Waals surface area (Å²) in [5, 5.41) is 10.0. The van der Waals surface area contributed by atoms with Gasteiger partial charge in [0.1, 0.15) is 17.3 Å². The van der Waals surface area contributed by atoms with E-state index in [9.17, 15) is 18.3 Å². The summed E-state index contributed by atoms with van der Waals surface area (Å²) in [7, 11) is 0. The van der Waals surface area contributed by atoms with Gasteiger partial charge in [0.05, 0.1) is 0 Å². The van der Waals surface area contributed by atoms with E-state index >= 15 is 0 Å². The van der Waals surface area contributed by atoms with Gasteiger partial charge in [-0.3, -0.25) is 0 Å². The van der Waals surface area contributed by atoms with E-state index in [-0.39, 0.29) is 11.6 Å². The van der Waals surface area contributed by atoms with Gasteiger partial charge in [-0.05, 0) is 23.8 Å². The highest BCUT2D eigenvalue weighted by Gasteiger charge is 2.27. The Morgan fingerprint density at radius 2 is 1.88 bits per heavy atom. The van der Waals surface area contributed by atoms with Gasteiger partial charge in [-0.1, -0.05) is 12.1 Å². The van der Waals surface area contributed by atoms with Crippen LogP contribution in [0.1, 0.15) is 5.56 Å². The lowest BCUT2D eigenvalue weighted by Gasteiger charge is -2.38. The Hall–Kier alpha value is -2.57. The van der Waals surface area contributed by atoms with Crippen LogP contribution in [0, 0.1) is 5.82 Å². The van der Waals surface area contributed by atoms with Crippen molar-refractivity contribution in [2.45, 2.75) is 13.0 Å². The van der Waals surface area contributed by atoms with E-state index in [1.54, 1.807) is 23.2 Å². The van der Waals surface area contributed by atoms with Crippen LogP contribution in [0.4, 0.5) is 13.2 Å². The second kappa shape index (κ2) is 6.90. The average molecular weight is 338 g/mol. The van der Waals surface area contributed by atoms with Gasteiger partial charge in [0.2, 0.25) is 0 Å². The summed E-state index contributed by atoms with van der Waals surface area (Å²) in [6, 6.07) is 6.20. The molecule has 2 heterocycles. The van der Waals surface area contributed by atoms with Gasteiger partial charge in [0, 0.05) is 31.9 Å². The highest BCUT2D eigenvalue weighted by atomic mass is 19.3. The van der Waals surface area contributed by atoms with Crippen LogP contribution >= 0.6 is 0 Å². The molecule has 0 saturated heterocycles. The molecule has 1 aromatic rings. The van der Waals surface area contributed by atoms with Crippen molar-refractivity contribution in [3.63, 3.8) is 0 Å². The molecule has 3 rings (SSSR count). The van der Waals surface area contributed by atoms with Crippen molar-refractivity contribution < 1.29 is 23.0 Å². The summed E-state index contributed by atoms with van der Waals surface area (Å²) in [6.07, 6.45) is 2.09. The van der Waals surface area contributed by atoms with Crippen LogP contribution in [0.3, 0.4) is 0 Å². The van der Waals surface area contributed by atoms with Gasteiger partial charge in [-0.15, -0.1) is 0 Å². The molecular formula is C17H17F3N2O2. The molecule has 7 heteroatoms. The summed E-state index contributed by atoms with van der Waals surface area (Å²) in [5.41, 5.74) is 1.43. The molecule has 0 amide bonds. The van der Waals surface area contributed by atoms with Gasteiger partial charge in [0.15, 0.2) is 12.5 Å². The van der Waals surface area contributed by atoms with Crippen LogP contribution in [0.25, 0.3) is 0 Å². The maximum atomic E-state index is 13.0. The fraction of sp³-hybridized carbons (Fsp3) is 0.294. The van der Waals surface area contributed by atoms with Crippen LogP contribution in [0.2, 0.25) is 0 Å². The van der Waals surface area contributed by atoms with Crippen LogP contribution < -0.4 is 0 Å². The molecule has 0 spiro atoms. The lowest BCUT2D eigenvalue weighted by atomic mass is 10.1. The van der Waals surface area contributed by atoms with E-state index in [4.69, 9.17) is 4.74 Å². The minimum Gasteiger partial charge on any atom is -0.506 e. The predicted molar refractivity (Wildman–Crippen MR) is 82.3 cm³/mol. The van der Waals surface area contributed by atoms with E-state index in [1.165, 1.54) is 24.3 Å². The van der Waals surface area contributed by atoms with Crippen LogP contribution in [-0.4, -0.2) is 41.0 Å². The Kier molecular flexibility index (Phi) is 4.69. The molecule has 2 aliphatic rings. The van der Waals surface area contributed by atoms with Crippen LogP contribution in [0.15, 0.2) is 60.0 Å². The van der Waals surface area contributed by atoms with E-state index < -0.39 is 13.0 Å². The number of ether oxygens (including phenoxy) is 1. The Morgan fingerprint density at radius 3 is 2.58 bits per heavy atom. The molecule has 1 N–H and O–H groups in total. The molecule has 0 aromatic heterocycles. The fourth-order valence-corrected chi connectivity index (χ4v) is 2.64. The molecule has 0 unspecified atom stereocenters. The normalized spacial score (nSPS) is 17.2. The second-order valence-corrected chi connectivity index (χ2v) is 5.52. The number of fused-ring (bicyclic) bond motifs is 1. The second-order valence-electron chi connectivity index (χ2n) is 5.52. The molecule has 4 nitrogen and oxygen atoms in total. The van der Waals surface area contributed by atoms with E-state index in [0.717, 1.165) is 5.56 Å². The molecule has 24 heavy (non-hydrogen) atoms. The van der Waals surface area contributed by atoms with Gasteiger partial charge >= 0.3 is 0 Å². The summed E-state index contributed by atoms with van der Waals surface area (Å²) in [6.45, 7) is 0.967. The Morgan fingerprint density at radius 1 is 1.12 bits per heavy atom. The number of allylic oxidation sites excluding steroid dienone is 2. The third-order valence-electron chi connectivity index (χ3n) is 3.77. The minimum absolute atomic E-state index is 0.0446. The molecule has 2 aliphatic heterocycles. The number of hydrogen-bond donors (Lipinski definition) is 1. The summed E-state index contributed by atoms with van der Waals surface area (Å²) in [4.78, 5) is 3.64. The zero-order chi connectivity index (χ0) is 17.1. The van der Waals surface area contributed by atoms with Gasteiger partial charge in [-0.25, -0.2) is 13.2 Å². The molecule has 0 fully saturated rings. The van der Waals surface area contributed by atoms with Crippen molar-refractivity contribution in [1.29, 1.82) is 0 Å². The van der Waals surface area contributed by atoms with Crippen LogP contribution in [0.5, 0.6) is 0 Å². The first-order valence-corrected chi connectivity index (χ1v) is 7.53. The van der Waals surface area contributed by atoms with E-state index in [2.05, 4.69) is 0 Å². The van der Waals surface area contributed by atoms with Gasteiger partial charge in [0.25, 0.3) is 6.43 Å². The summed E-state index contributed by atoms with van der Waals surface area (Å²) in [5.74, 6) is 0.0460. The topological polar surface area (TPSA) is 35.9 Å². The maximum Gasteiger partial charge on any atom is 0.272 e. The SMILES string of the molecule is OC1=CC=C(OCC(F)F)N2CCN(Cc3ccc(F)cc3)C=C12. The standard InChI is InChI=1S/C17H17F3N2O2/c18-13-3-1-12(2-4-13)9-21-7-8-22-14(10-21)15(23)5-6-17(22)24-11-16(19)20/h1-6,10,16,23H,7-9,11H2. The van der Waals surface area contributed by atoms with Crippen molar-refractivity contribution in [2.75, 3.05) is 19.7 Å². The van der Waals surface area contributed by atoms with Crippen molar-refractivity contribution in [3.05, 3.63) is 71.3 Å². The lowest BCUT2D eigenvalue weighted by Crippen LogP contribution is -2.40. The molecular weight excluding hydrogens is 321 g/mol. The first-order valence-electron chi connectivity index (χ1n) is 7.53. The van der Waals surface area contributed by atoms with Crippen molar-refractivity contribution in [1.82, 2.24) is 9.80 Å². The first kappa shape index (κ1) is 16.3. The number of hydrogen-bond acceptors (Lipinski definition) is 4. The predicted octanol–water partition coefficient (Wildman–Crippen LogP) is 3.36. The third-order valence-corrected chi connectivity index (χ3v) is 3.77. The van der Waals surface area contributed by atoms with Crippen molar-refractivity contribution in [2.24, 2.45) is 0 Å². The van der Waals surface area contributed by atoms with E-state index in [0.29, 0.717) is 31.2 Å². The minimum atomic E-state index is -2.56. The Bertz CT molecular complexity index is 684. The van der Waals surface area contributed by atoms with E-state index in [1.807, 2.05) is 4.90 Å². The molecule has 0 aliphatic carbocycles. The van der Waals surface area contributed by atoms with Crippen molar-refractivity contribution >= 4 is 0 Å². The summed E-state index contributed by atoms with van der Waals surface area (Å²) < 4.78 is 42.7. The number of benzene rings is 1. The number of aliphatic hydroxyl groups excluding tert-OH is 1. The van der Waals surface area contributed by atoms with Crippen molar-refractivity contribution in [3.8, 4) is 0 Å². The molecule has 1 aromatic carbocycles. The third kappa shape index (κ3) is 3.67. The maximum absolute atomic E-state index is 13.0. The highest BCUT2D eigenvalue weighted by Crippen LogP contribution is 2.28. The highest BCUT2D eigenvalue weighted by molar-refractivity contribution is 5.36. The number of rotatable bonds is 5. The molecule has 0 bridgehead atoms. The van der Waals surface area contributed by atoms with Gasteiger partial charge < -0.3 is 19.6 Å². The first-order chi connectivity index (χ1) is 11.5. The zero-order valence-corrected chi connectivity index (χ0v) is 12.8. The quantitative estimate of drug-likeness (QED) is 0.893. The molecule has 128 valence electrons. The van der Waals surface area contributed by atoms with Crippen LogP contribution in [-0.2, 0) is 11.3 Å². The zero-order valence-electron chi connectivity index (χ0n) is 12.8.